The standard InChI is InChI=1S/C24H17ClFN3O3/c25-18-5-3-6-21(13-18)29-24(31)17(14-27)12-16-4-1-2-7-22(16)32-15-23(30)28-20-10-8-19(26)9-11-20/h1-13H,15H2,(H,28,30)(H,29,31)/b17-12-. The van der Waals surface area contributed by atoms with Crippen molar-refractivity contribution in [2.24, 2.45) is 0 Å². The van der Waals surface area contributed by atoms with Crippen molar-refractivity contribution in [2.75, 3.05) is 17.2 Å². The fourth-order valence-corrected chi connectivity index (χ4v) is 2.86. The molecule has 0 aliphatic carbocycles. The molecule has 0 atom stereocenters. The van der Waals surface area contributed by atoms with Crippen LogP contribution in [-0.4, -0.2) is 18.4 Å². The maximum absolute atomic E-state index is 13.0. The van der Waals surface area contributed by atoms with E-state index in [4.69, 9.17) is 16.3 Å². The highest BCUT2D eigenvalue weighted by atomic mass is 35.5. The molecule has 0 radical (unpaired) electrons. The van der Waals surface area contributed by atoms with Crippen molar-refractivity contribution >= 4 is 40.9 Å². The van der Waals surface area contributed by atoms with Gasteiger partial charge in [-0.3, -0.25) is 9.59 Å². The van der Waals surface area contributed by atoms with Crippen LogP contribution in [-0.2, 0) is 9.59 Å². The molecule has 0 spiro atoms. The summed E-state index contributed by atoms with van der Waals surface area (Å²) in [5.74, 6) is -1.16. The van der Waals surface area contributed by atoms with Crippen LogP contribution in [0.3, 0.4) is 0 Å². The third-order valence-electron chi connectivity index (χ3n) is 4.15. The van der Waals surface area contributed by atoms with E-state index in [-0.39, 0.29) is 12.2 Å². The van der Waals surface area contributed by atoms with E-state index in [0.717, 1.165) is 0 Å². The molecule has 0 saturated heterocycles. The van der Waals surface area contributed by atoms with Gasteiger partial charge < -0.3 is 15.4 Å². The minimum absolute atomic E-state index is 0.156. The van der Waals surface area contributed by atoms with Crippen LogP contribution in [0.5, 0.6) is 5.75 Å². The van der Waals surface area contributed by atoms with Crippen LogP contribution in [0.2, 0.25) is 5.02 Å². The molecule has 0 bridgehead atoms. The number of nitrogens with zero attached hydrogens (tertiary/aromatic N) is 1. The predicted octanol–water partition coefficient (Wildman–Crippen LogP) is 5.04. The van der Waals surface area contributed by atoms with Crippen molar-refractivity contribution in [3.8, 4) is 11.8 Å². The van der Waals surface area contributed by atoms with Gasteiger partial charge >= 0.3 is 0 Å². The Balaban J connectivity index is 1.69. The number of carbonyl (C=O) groups is 2. The first-order chi connectivity index (χ1) is 15.4. The molecule has 0 aliphatic heterocycles. The monoisotopic (exact) mass is 449 g/mol. The van der Waals surface area contributed by atoms with Gasteiger partial charge in [0.25, 0.3) is 11.8 Å². The number of halogens is 2. The van der Waals surface area contributed by atoms with Crippen LogP contribution < -0.4 is 15.4 Å². The number of carbonyl (C=O) groups excluding carboxylic acids is 2. The molecular formula is C24H17ClFN3O3. The minimum atomic E-state index is -0.612. The molecule has 0 aromatic heterocycles. The molecule has 3 rings (SSSR count). The maximum atomic E-state index is 13.0. The second-order valence-electron chi connectivity index (χ2n) is 6.52. The lowest BCUT2D eigenvalue weighted by Crippen LogP contribution is -2.20. The Morgan fingerprint density at radius 1 is 1.00 bits per heavy atom. The lowest BCUT2D eigenvalue weighted by atomic mass is 10.1. The lowest BCUT2D eigenvalue weighted by molar-refractivity contribution is -0.118. The van der Waals surface area contributed by atoms with E-state index >= 15 is 0 Å². The normalized spacial score (nSPS) is 10.7. The van der Waals surface area contributed by atoms with E-state index in [9.17, 15) is 19.2 Å². The number of para-hydroxylation sites is 1. The molecule has 0 fully saturated rings. The van der Waals surface area contributed by atoms with Crippen LogP contribution >= 0.6 is 11.6 Å². The van der Waals surface area contributed by atoms with Crippen molar-refractivity contribution in [3.63, 3.8) is 0 Å². The van der Waals surface area contributed by atoms with Crippen molar-refractivity contribution in [3.05, 3.63) is 94.8 Å². The minimum Gasteiger partial charge on any atom is -0.483 e. The summed E-state index contributed by atoms with van der Waals surface area (Å²) in [5, 5.41) is 15.1. The second kappa shape index (κ2) is 10.8. The van der Waals surface area contributed by atoms with Gasteiger partial charge in [-0.1, -0.05) is 35.9 Å². The van der Waals surface area contributed by atoms with Gasteiger partial charge in [0.1, 0.15) is 23.2 Å². The number of benzene rings is 3. The molecule has 6 nitrogen and oxygen atoms in total. The molecule has 0 saturated carbocycles. The number of hydrogen-bond donors (Lipinski definition) is 2. The average Bonchev–Trinajstić information content (AvgIpc) is 2.78. The van der Waals surface area contributed by atoms with Gasteiger partial charge in [0.15, 0.2) is 6.61 Å². The van der Waals surface area contributed by atoms with Gasteiger partial charge in [0.2, 0.25) is 0 Å². The highest BCUT2D eigenvalue weighted by Crippen LogP contribution is 2.22. The van der Waals surface area contributed by atoms with Crippen LogP contribution in [0.25, 0.3) is 6.08 Å². The predicted molar refractivity (Wildman–Crippen MR) is 121 cm³/mol. The van der Waals surface area contributed by atoms with Crippen LogP contribution in [0.15, 0.2) is 78.4 Å². The largest absolute Gasteiger partial charge is 0.483 e. The molecule has 0 aliphatic rings. The Kier molecular flexibility index (Phi) is 7.57. The van der Waals surface area contributed by atoms with E-state index < -0.39 is 17.6 Å². The summed E-state index contributed by atoms with van der Waals surface area (Å²) in [7, 11) is 0. The summed E-state index contributed by atoms with van der Waals surface area (Å²) in [6.07, 6.45) is 1.37. The van der Waals surface area contributed by atoms with Gasteiger partial charge in [0, 0.05) is 22.0 Å². The molecule has 2 amide bonds. The molecule has 0 heterocycles. The number of nitriles is 1. The highest BCUT2D eigenvalue weighted by Gasteiger charge is 2.12. The van der Waals surface area contributed by atoms with Gasteiger partial charge in [0.05, 0.1) is 0 Å². The molecule has 8 heteroatoms. The zero-order chi connectivity index (χ0) is 22.9. The summed E-state index contributed by atoms with van der Waals surface area (Å²) in [4.78, 5) is 24.6. The highest BCUT2D eigenvalue weighted by molar-refractivity contribution is 6.31. The van der Waals surface area contributed by atoms with Crippen molar-refractivity contribution in [1.82, 2.24) is 0 Å². The second-order valence-corrected chi connectivity index (χ2v) is 6.95. The maximum Gasteiger partial charge on any atom is 0.266 e. The van der Waals surface area contributed by atoms with Crippen LogP contribution in [0, 0.1) is 17.1 Å². The van der Waals surface area contributed by atoms with E-state index in [2.05, 4.69) is 10.6 Å². The summed E-state index contributed by atoms with van der Waals surface area (Å²) >= 11 is 5.91. The number of nitrogens with one attached hydrogen (secondary N) is 2. The third kappa shape index (κ3) is 6.42. The quantitative estimate of drug-likeness (QED) is 0.390. The number of hydrogen-bond acceptors (Lipinski definition) is 4. The Bertz CT molecular complexity index is 1200. The summed E-state index contributed by atoms with van der Waals surface area (Å²) in [6, 6.07) is 20.4. The molecule has 0 unspecified atom stereocenters. The number of rotatable bonds is 7. The Labute approximate surface area is 188 Å². The van der Waals surface area contributed by atoms with Gasteiger partial charge in [-0.05, 0) is 54.6 Å². The lowest BCUT2D eigenvalue weighted by Gasteiger charge is -2.10. The fourth-order valence-electron chi connectivity index (χ4n) is 2.67. The van der Waals surface area contributed by atoms with Crippen molar-refractivity contribution < 1.29 is 18.7 Å². The zero-order valence-corrected chi connectivity index (χ0v) is 17.4. The van der Waals surface area contributed by atoms with Crippen molar-refractivity contribution in [2.45, 2.75) is 0 Å². The van der Waals surface area contributed by atoms with Gasteiger partial charge in [-0.15, -0.1) is 0 Å². The molecule has 32 heavy (non-hydrogen) atoms. The Hall–Kier alpha value is -4.15. The van der Waals surface area contributed by atoms with Crippen LogP contribution in [0.1, 0.15) is 5.56 Å². The summed E-state index contributed by atoms with van der Waals surface area (Å²) in [6.45, 7) is -0.321. The van der Waals surface area contributed by atoms with Crippen molar-refractivity contribution in [1.29, 1.82) is 5.26 Å². The fraction of sp³-hybridized carbons (Fsp3) is 0.0417. The summed E-state index contributed by atoms with van der Waals surface area (Å²) in [5.41, 5.74) is 1.17. The SMILES string of the molecule is N#C/C(=C/c1ccccc1OCC(=O)Nc1ccc(F)cc1)C(=O)Nc1cccc(Cl)c1. The first-order valence-electron chi connectivity index (χ1n) is 9.40. The number of ether oxygens (including phenoxy) is 1. The number of anilines is 2. The summed E-state index contributed by atoms with van der Waals surface area (Å²) < 4.78 is 18.5. The topological polar surface area (TPSA) is 91.2 Å². The van der Waals surface area contributed by atoms with Crippen LogP contribution in [0.4, 0.5) is 15.8 Å². The van der Waals surface area contributed by atoms with E-state index in [0.29, 0.717) is 27.7 Å². The molecular weight excluding hydrogens is 433 g/mol. The Morgan fingerprint density at radius 3 is 2.47 bits per heavy atom. The van der Waals surface area contributed by atoms with E-state index in [1.54, 1.807) is 48.5 Å². The van der Waals surface area contributed by atoms with Gasteiger partial charge in [-0.25, -0.2) is 4.39 Å². The average molecular weight is 450 g/mol. The van der Waals surface area contributed by atoms with Gasteiger partial charge in [-0.2, -0.15) is 5.26 Å². The van der Waals surface area contributed by atoms with E-state index in [1.165, 1.54) is 30.3 Å². The smallest absolute Gasteiger partial charge is 0.266 e. The number of amides is 2. The zero-order valence-electron chi connectivity index (χ0n) is 16.6. The van der Waals surface area contributed by atoms with E-state index in [1.807, 2.05) is 6.07 Å². The molecule has 3 aromatic rings. The third-order valence-corrected chi connectivity index (χ3v) is 4.39. The molecule has 3 aromatic carbocycles. The Morgan fingerprint density at radius 2 is 1.75 bits per heavy atom. The molecule has 160 valence electrons. The first-order valence-corrected chi connectivity index (χ1v) is 9.78. The first kappa shape index (κ1) is 22.5. The molecule has 2 N–H and O–H groups in total.